The first kappa shape index (κ1) is 26.8. The number of benzene rings is 2. The SMILES string of the molecule is COc1cccc(Cc2nc(C(=O)Nc3cc(-c4cc(OCCCC(C)(C)O)ccc4C)ccn3)n[nH]2)c1. The highest BCUT2D eigenvalue weighted by Crippen LogP contribution is 2.29. The normalized spacial score (nSPS) is 11.3. The summed E-state index contributed by atoms with van der Waals surface area (Å²) in [6.45, 7) is 6.12. The zero-order chi connectivity index (χ0) is 27.1. The number of aromatic nitrogens is 4. The molecule has 38 heavy (non-hydrogen) atoms. The topological polar surface area (TPSA) is 122 Å². The van der Waals surface area contributed by atoms with Gasteiger partial charge in [0.25, 0.3) is 5.91 Å². The molecule has 9 nitrogen and oxygen atoms in total. The molecule has 198 valence electrons. The van der Waals surface area contributed by atoms with Crippen molar-refractivity contribution in [2.24, 2.45) is 0 Å². The number of aromatic amines is 1. The molecule has 9 heteroatoms. The van der Waals surface area contributed by atoms with Gasteiger partial charge >= 0.3 is 0 Å². The number of pyridine rings is 1. The quantitative estimate of drug-likeness (QED) is 0.241. The number of ether oxygens (including phenoxy) is 2. The number of hydrogen-bond donors (Lipinski definition) is 3. The average Bonchev–Trinajstić information content (AvgIpc) is 3.36. The van der Waals surface area contributed by atoms with Crippen LogP contribution in [0.4, 0.5) is 5.82 Å². The predicted molar refractivity (Wildman–Crippen MR) is 146 cm³/mol. The number of methoxy groups -OCH3 is 1. The number of rotatable bonds is 11. The number of amides is 1. The maximum absolute atomic E-state index is 12.8. The minimum atomic E-state index is -0.706. The molecule has 2 aromatic heterocycles. The number of hydrogen-bond acceptors (Lipinski definition) is 7. The Morgan fingerprint density at radius 3 is 2.74 bits per heavy atom. The Kier molecular flexibility index (Phi) is 8.38. The fourth-order valence-electron chi connectivity index (χ4n) is 3.99. The molecule has 4 rings (SSSR count). The van der Waals surface area contributed by atoms with Crippen molar-refractivity contribution < 1.29 is 19.4 Å². The first-order valence-corrected chi connectivity index (χ1v) is 12.5. The molecule has 0 atom stereocenters. The molecule has 0 radical (unpaired) electrons. The number of H-pyrrole nitrogens is 1. The van der Waals surface area contributed by atoms with Crippen molar-refractivity contribution >= 4 is 11.7 Å². The molecular weight excluding hydrogens is 482 g/mol. The molecule has 0 bridgehead atoms. The third kappa shape index (κ3) is 7.39. The monoisotopic (exact) mass is 515 g/mol. The summed E-state index contributed by atoms with van der Waals surface area (Å²) in [7, 11) is 1.62. The summed E-state index contributed by atoms with van der Waals surface area (Å²) in [5.74, 6) is 2.04. The number of carbonyl (C=O) groups excluding carboxylic acids is 1. The summed E-state index contributed by atoms with van der Waals surface area (Å²) < 4.78 is 11.2. The van der Waals surface area contributed by atoms with Crippen LogP contribution in [0, 0.1) is 6.92 Å². The van der Waals surface area contributed by atoms with E-state index in [-0.39, 0.29) is 5.82 Å². The highest BCUT2D eigenvalue weighted by atomic mass is 16.5. The van der Waals surface area contributed by atoms with Crippen molar-refractivity contribution in [3.8, 4) is 22.6 Å². The van der Waals surface area contributed by atoms with Crippen LogP contribution in [-0.4, -0.2) is 50.5 Å². The summed E-state index contributed by atoms with van der Waals surface area (Å²) in [5.41, 5.74) is 3.21. The average molecular weight is 516 g/mol. The molecule has 0 saturated carbocycles. The van der Waals surface area contributed by atoms with E-state index in [1.165, 1.54) is 0 Å². The lowest BCUT2D eigenvalue weighted by Gasteiger charge is -2.17. The molecule has 3 N–H and O–H groups in total. The molecule has 0 unspecified atom stereocenters. The van der Waals surface area contributed by atoms with Crippen LogP contribution in [0.3, 0.4) is 0 Å². The Morgan fingerprint density at radius 2 is 1.95 bits per heavy atom. The Balaban J connectivity index is 1.41. The Hall–Kier alpha value is -4.24. The lowest BCUT2D eigenvalue weighted by molar-refractivity contribution is 0.0641. The van der Waals surface area contributed by atoms with E-state index in [2.05, 4.69) is 25.5 Å². The fourth-order valence-corrected chi connectivity index (χ4v) is 3.99. The molecule has 0 aliphatic carbocycles. The van der Waals surface area contributed by atoms with Gasteiger partial charge in [-0.2, -0.15) is 0 Å². The van der Waals surface area contributed by atoms with E-state index in [0.29, 0.717) is 31.1 Å². The summed E-state index contributed by atoms with van der Waals surface area (Å²) in [6, 6.07) is 17.2. The lowest BCUT2D eigenvalue weighted by atomic mass is 10.0. The predicted octanol–water partition coefficient (Wildman–Crippen LogP) is 4.96. The van der Waals surface area contributed by atoms with Crippen molar-refractivity contribution in [1.29, 1.82) is 0 Å². The highest BCUT2D eigenvalue weighted by Gasteiger charge is 2.15. The summed E-state index contributed by atoms with van der Waals surface area (Å²) in [5, 5.41) is 19.6. The standard InChI is InChI=1S/C29H33N5O4/c1-19-9-10-23(38-14-6-12-29(2,3)36)18-24(19)21-11-13-30-25(17-21)32-28(35)27-31-26(33-34-27)16-20-7-5-8-22(15-20)37-4/h5,7-11,13,15,17-18,36H,6,12,14,16H2,1-4H3,(H,30,32,35)(H,31,33,34). The van der Waals surface area contributed by atoms with Crippen molar-refractivity contribution in [3.05, 3.63) is 83.6 Å². The molecule has 2 aromatic carbocycles. The molecule has 0 spiro atoms. The first-order valence-electron chi connectivity index (χ1n) is 12.5. The van der Waals surface area contributed by atoms with Gasteiger partial charge in [0.15, 0.2) is 0 Å². The summed E-state index contributed by atoms with van der Waals surface area (Å²) in [4.78, 5) is 21.4. The van der Waals surface area contributed by atoms with E-state index in [0.717, 1.165) is 40.2 Å². The van der Waals surface area contributed by atoms with Crippen molar-refractivity contribution in [2.75, 3.05) is 19.0 Å². The van der Waals surface area contributed by atoms with Gasteiger partial charge in [0.1, 0.15) is 23.1 Å². The van der Waals surface area contributed by atoms with Crippen molar-refractivity contribution in [1.82, 2.24) is 20.2 Å². The Labute approximate surface area is 222 Å². The first-order chi connectivity index (χ1) is 18.2. The van der Waals surface area contributed by atoms with Gasteiger partial charge < -0.3 is 19.9 Å². The number of anilines is 1. The highest BCUT2D eigenvalue weighted by molar-refractivity contribution is 6.01. The van der Waals surface area contributed by atoms with E-state index in [1.807, 2.05) is 61.5 Å². The number of nitrogens with one attached hydrogen (secondary N) is 2. The third-order valence-corrected chi connectivity index (χ3v) is 5.96. The molecular formula is C29H33N5O4. The summed E-state index contributed by atoms with van der Waals surface area (Å²) >= 11 is 0. The fraction of sp³-hybridized carbons (Fsp3) is 0.310. The van der Waals surface area contributed by atoms with Crippen LogP contribution in [0.15, 0.2) is 60.8 Å². The van der Waals surface area contributed by atoms with Crippen LogP contribution in [0.2, 0.25) is 0 Å². The molecule has 0 aliphatic rings. The maximum atomic E-state index is 12.8. The van der Waals surface area contributed by atoms with Gasteiger partial charge in [-0.25, -0.2) is 9.97 Å². The van der Waals surface area contributed by atoms with Crippen LogP contribution in [-0.2, 0) is 6.42 Å². The van der Waals surface area contributed by atoms with Gasteiger partial charge in [-0.15, -0.1) is 5.10 Å². The molecule has 4 aromatic rings. The second kappa shape index (κ2) is 11.9. The Morgan fingerprint density at radius 1 is 1.11 bits per heavy atom. The second-order valence-corrected chi connectivity index (χ2v) is 9.76. The van der Waals surface area contributed by atoms with Gasteiger partial charge in [-0.1, -0.05) is 18.2 Å². The zero-order valence-electron chi connectivity index (χ0n) is 22.1. The molecule has 1 amide bonds. The number of aliphatic hydroxyl groups is 1. The van der Waals surface area contributed by atoms with E-state index >= 15 is 0 Å². The number of nitrogens with zero attached hydrogens (tertiary/aromatic N) is 3. The van der Waals surface area contributed by atoms with E-state index in [1.54, 1.807) is 27.2 Å². The summed E-state index contributed by atoms with van der Waals surface area (Å²) in [6.07, 6.45) is 3.54. The van der Waals surface area contributed by atoms with Crippen LogP contribution < -0.4 is 14.8 Å². The van der Waals surface area contributed by atoms with Gasteiger partial charge in [0, 0.05) is 12.6 Å². The number of aryl methyl sites for hydroxylation is 1. The molecule has 0 fully saturated rings. The smallest absolute Gasteiger partial charge is 0.296 e. The van der Waals surface area contributed by atoms with Gasteiger partial charge in [0.05, 0.1) is 19.3 Å². The second-order valence-electron chi connectivity index (χ2n) is 9.76. The molecule has 0 aliphatic heterocycles. The van der Waals surface area contributed by atoms with Crippen LogP contribution in [0.1, 0.15) is 54.3 Å². The van der Waals surface area contributed by atoms with Crippen LogP contribution in [0.5, 0.6) is 11.5 Å². The minimum Gasteiger partial charge on any atom is -0.497 e. The number of carbonyl (C=O) groups is 1. The van der Waals surface area contributed by atoms with E-state index in [9.17, 15) is 9.90 Å². The van der Waals surface area contributed by atoms with E-state index in [4.69, 9.17) is 9.47 Å². The van der Waals surface area contributed by atoms with Gasteiger partial charge in [0.2, 0.25) is 5.82 Å². The minimum absolute atomic E-state index is 0.0349. The van der Waals surface area contributed by atoms with Crippen LogP contribution >= 0.6 is 0 Å². The van der Waals surface area contributed by atoms with Crippen LogP contribution in [0.25, 0.3) is 11.1 Å². The van der Waals surface area contributed by atoms with Gasteiger partial charge in [-0.3, -0.25) is 9.89 Å². The zero-order valence-corrected chi connectivity index (χ0v) is 22.1. The van der Waals surface area contributed by atoms with Gasteiger partial charge in [-0.05, 0) is 92.3 Å². The van der Waals surface area contributed by atoms with Crippen molar-refractivity contribution in [2.45, 2.75) is 45.6 Å². The molecule has 0 saturated heterocycles. The Bertz CT molecular complexity index is 1390. The third-order valence-electron chi connectivity index (χ3n) is 5.96. The lowest BCUT2D eigenvalue weighted by Crippen LogP contribution is -2.19. The van der Waals surface area contributed by atoms with E-state index < -0.39 is 11.5 Å². The largest absolute Gasteiger partial charge is 0.497 e. The molecule has 2 heterocycles. The maximum Gasteiger partial charge on any atom is 0.296 e. The van der Waals surface area contributed by atoms with Crippen molar-refractivity contribution in [3.63, 3.8) is 0 Å².